The molecule has 2 N–H and O–H groups in total. The van der Waals surface area contributed by atoms with Crippen LogP contribution in [0.2, 0.25) is 0 Å². The zero-order chi connectivity index (χ0) is 19.1. The maximum Gasteiger partial charge on any atom is 0.266 e. The van der Waals surface area contributed by atoms with Gasteiger partial charge in [-0.15, -0.1) is 11.3 Å². The molecule has 2 heterocycles. The molecule has 0 atom stereocenters. The van der Waals surface area contributed by atoms with Gasteiger partial charge in [0.15, 0.2) is 0 Å². The number of thiophene rings is 1. The number of hydrogen-bond acceptors (Lipinski definition) is 4. The molecule has 1 aliphatic heterocycles. The number of aryl methyl sites for hydroxylation is 1. The summed E-state index contributed by atoms with van der Waals surface area (Å²) in [6.07, 6.45) is 2.68. The highest BCUT2D eigenvalue weighted by atomic mass is 32.1. The number of rotatable bonds is 4. The Morgan fingerprint density at radius 1 is 1.15 bits per heavy atom. The first-order chi connectivity index (χ1) is 12.9. The van der Waals surface area contributed by atoms with Gasteiger partial charge in [0.2, 0.25) is 11.8 Å². The second kappa shape index (κ2) is 6.81. The summed E-state index contributed by atoms with van der Waals surface area (Å²) in [4.78, 5) is 38.6. The summed E-state index contributed by atoms with van der Waals surface area (Å²) in [5.74, 6) is 0.00818. The van der Waals surface area contributed by atoms with Gasteiger partial charge in [0.25, 0.3) is 5.91 Å². The van der Waals surface area contributed by atoms with Crippen LogP contribution in [0.1, 0.15) is 40.6 Å². The van der Waals surface area contributed by atoms with E-state index in [0.717, 1.165) is 36.1 Å². The highest BCUT2D eigenvalue weighted by Crippen LogP contribution is 2.34. The molecule has 0 spiro atoms. The summed E-state index contributed by atoms with van der Waals surface area (Å²) in [6, 6.07) is 7.46. The van der Waals surface area contributed by atoms with E-state index < -0.39 is 0 Å². The molecule has 140 valence electrons. The van der Waals surface area contributed by atoms with Crippen molar-refractivity contribution in [2.24, 2.45) is 5.92 Å². The minimum absolute atomic E-state index is 0.0283. The van der Waals surface area contributed by atoms with E-state index in [1.165, 1.54) is 11.3 Å². The number of carbonyl (C=O) groups excluding carboxylic acids is 3. The fraction of sp³-hybridized carbons (Fsp3) is 0.350. The van der Waals surface area contributed by atoms with Crippen LogP contribution < -0.4 is 15.5 Å². The molecule has 3 amide bonds. The molecule has 2 aliphatic rings. The summed E-state index contributed by atoms with van der Waals surface area (Å²) >= 11 is 1.29. The number of amides is 3. The summed E-state index contributed by atoms with van der Waals surface area (Å²) in [7, 11) is 0. The van der Waals surface area contributed by atoms with Crippen LogP contribution >= 0.6 is 11.3 Å². The first-order valence-electron chi connectivity index (χ1n) is 9.06. The molecular weight excluding hydrogens is 362 g/mol. The van der Waals surface area contributed by atoms with Crippen molar-refractivity contribution >= 4 is 45.4 Å². The van der Waals surface area contributed by atoms with Gasteiger partial charge in [-0.05, 0) is 61.6 Å². The van der Waals surface area contributed by atoms with E-state index in [4.69, 9.17) is 0 Å². The SMILES string of the molecule is CC(=O)N1CCc2cc(NC(=O)c3sc(NC(=O)C4CC4)cc3C)ccc21. The van der Waals surface area contributed by atoms with Crippen LogP contribution in [0.3, 0.4) is 0 Å². The molecule has 1 aromatic heterocycles. The van der Waals surface area contributed by atoms with Crippen LogP contribution in [0.25, 0.3) is 0 Å². The van der Waals surface area contributed by atoms with Crippen LogP contribution in [0.4, 0.5) is 16.4 Å². The van der Waals surface area contributed by atoms with Crippen LogP contribution in [0.15, 0.2) is 24.3 Å². The molecule has 1 fully saturated rings. The topological polar surface area (TPSA) is 78.5 Å². The average Bonchev–Trinajstić information content (AvgIpc) is 3.29. The van der Waals surface area contributed by atoms with Crippen molar-refractivity contribution in [1.29, 1.82) is 0 Å². The molecule has 27 heavy (non-hydrogen) atoms. The van der Waals surface area contributed by atoms with Gasteiger partial charge in [0.1, 0.15) is 0 Å². The largest absolute Gasteiger partial charge is 0.321 e. The molecule has 0 bridgehead atoms. The molecule has 7 heteroatoms. The van der Waals surface area contributed by atoms with Crippen LogP contribution in [-0.4, -0.2) is 24.3 Å². The minimum Gasteiger partial charge on any atom is -0.321 e. The van der Waals surface area contributed by atoms with Crippen molar-refractivity contribution in [3.05, 3.63) is 40.3 Å². The number of carbonyl (C=O) groups is 3. The summed E-state index contributed by atoms with van der Waals surface area (Å²) in [5.41, 5.74) is 3.52. The monoisotopic (exact) mass is 383 g/mol. The van der Waals surface area contributed by atoms with Crippen LogP contribution in [0.5, 0.6) is 0 Å². The van der Waals surface area contributed by atoms with Gasteiger partial charge in [-0.25, -0.2) is 0 Å². The number of anilines is 3. The Bertz CT molecular complexity index is 946. The number of nitrogens with one attached hydrogen (secondary N) is 2. The van der Waals surface area contributed by atoms with Crippen molar-refractivity contribution in [2.75, 3.05) is 22.1 Å². The first kappa shape index (κ1) is 17.7. The molecule has 0 unspecified atom stereocenters. The van der Waals surface area contributed by atoms with Gasteiger partial charge in [-0.1, -0.05) is 0 Å². The Morgan fingerprint density at radius 3 is 2.63 bits per heavy atom. The van der Waals surface area contributed by atoms with Gasteiger partial charge in [-0.2, -0.15) is 0 Å². The quantitative estimate of drug-likeness (QED) is 0.847. The number of fused-ring (bicyclic) bond motifs is 1. The highest BCUT2D eigenvalue weighted by Gasteiger charge is 2.30. The second-order valence-electron chi connectivity index (χ2n) is 7.10. The van der Waals surface area contributed by atoms with Gasteiger partial charge in [0, 0.05) is 30.8 Å². The standard InChI is InChI=1S/C20H21N3O3S/c1-11-9-17(22-19(25)13-3-4-13)27-18(11)20(26)21-15-5-6-16-14(10-15)7-8-23(16)12(2)24/h5-6,9-10,13H,3-4,7-8H2,1-2H3,(H,21,26)(H,22,25). The molecule has 1 aromatic carbocycles. The third-order valence-corrected chi connectivity index (χ3v) is 6.08. The molecule has 6 nitrogen and oxygen atoms in total. The number of benzene rings is 1. The number of hydrogen-bond donors (Lipinski definition) is 2. The van der Waals surface area contributed by atoms with Crippen molar-refractivity contribution in [3.8, 4) is 0 Å². The predicted molar refractivity (Wildman–Crippen MR) is 107 cm³/mol. The second-order valence-corrected chi connectivity index (χ2v) is 8.16. The summed E-state index contributed by atoms with van der Waals surface area (Å²) in [5, 5.41) is 6.53. The molecule has 4 rings (SSSR count). The lowest BCUT2D eigenvalue weighted by Gasteiger charge is -2.15. The van der Waals surface area contributed by atoms with E-state index in [0.29, 0.717) is 22.1 Å². The van der Waals surface area contributed by atoms with Crippen molar-refractivity contribution in [2.45, 2.75) is 33.1 Å². The molecular formula is C20H21N3O3S. The highest BCUT2D eigenvalue weighted by molar-refractivity contribution is 7.18. The Labute approximate surface area is 161 Å². The van der Waals surface area contributed by atoms with Gasteiger partial charge >= 0.3 is 0 Å². The molecule has 0 radical (unpaired) electrons. The summed E-state index contributed by atoms with van der Waals surface area (Å²) in [6.45, 7) is 4.10. The Kier molecular flexibility index (Phi) is 4.47. The lowest BCUT2D eigenvalue weighted by atomic mass is 10.1. The Balaban J connectivity index is 1.47. The van der Waals surface area contributed by atoms with Crippen molar-refractivity contribution < 1.29 is 14.4 Å². The van der Waals surface area contributed by atoms with E-state index in [2.05, 4.69) is 10.6 Å². The summed E-state index contributed by atoms with van der Waals surface area (Å²) < 4.78 is 0. The van der Waals surface area contributed by atoms with E-state index in [9.17, 15) is 14.4 Å². The lowest BCUT2D eigenvalue weighted by molar-refractivity contribution is -0.117. The van der Waals surface area contributed by atoms with Crippen molar-refractivity contribution in [1.82, 2.24) is 0 Å². The zero-order valence-electron chi connectivity index (χ0n) is 15.3. The normalized spacial score (nSPS) is 15.4. The average molecular weight is 383 g/mol. The predicted octanol–water partition coefficient (Wildman–Crippen LogP) is 3.57. The zero-order valence-corrected chi connectivity index (χ0v) is 16.1. The first-order valence-corrected chi connectivity index (χ1v) is 9.87. The third-order valence-electron chi connectivity index (χ3n) is 4.93. The fourth-order valence-corrected chi connectivity index (χ4v) is 4.30. The molecule has 0 saturated heterocycles. The third kappa shape index (κ3) is 3.60. The smallest absolute Gasteiger partial charge is 0.266 e. The van der Waals surface area contributed by atoms with E-state index >= 15 is 0 Å². The van der Waals surface area contributed by atoms with Gasteiger partial charge in [0.05, 0.1) is 9.88 Å². The minimum atomic E-state index is -0.189. The maximum atomic E-state index is 12.7. The lowest BCUT2D eigenvalue weighted by Crippen LogP contribution is -2.25. The van der Waals surface area contributed by atoms with Gasteiger partial charge < -0.3 is 15.5 Å². The van der Waals surface area contributed by atoms with E-state index in [1.54, 1.807) is 11.8 Å². The van der Waals surface area contributed by atoms with Crippen LogP contribution in [0, 0.1) is 12.8 Å². The Hall–Kier alpha value is -2.67. The van der Waals surface area contributed by atoms with Gasteiger partial charge in [-0.3, -0.25) is 14.4 Å². The van der Waals surface area contributed by atoms with Crippen molar-refractivity contribution in [3.63, 3.8) is 0 Å². The Morgan fingerprint density at radius 2 is 1.93 bits per heavy atom. The molecule has 2 aromatic rings. The maximum absolute atomic E-state index is 12.7. The van der Waals surface area contributed by atoms with Crippen LogP contribution in [-0.2, 0) is 16.0 Å². The van der Waals surface area contributed by atoms with E-state index in [-0.39, 0.29) is 23.6 Å². The molecule has 1 saturated carbocycles. The fourth-order valence-electron chi connectivity index (χ4n) is 3.33. The number of nitrogens with zero attached hydrogens (tertiary/aromatic N) is 1. The van der Waals surface area contributed by atoms with E-state index in [1.807, 2.05) is 31.2 Å². The molecule has 1 aliphatic carbocycles.